The van der Waals surface area contributed by atoms with Crippen LogP contribution < -0.4 is 14.9 Å². The molecular formula is C21H25F4N7O2S2. The molecule has 1 aliphatic carbocycles. The van der Waals surface area contributed by atoms with E-state index >= 15 is 0 Å². The summed E-state index contributed by atoms with van der Waals surface area (Å²) in [4.78, 5) is 6.07. The molecule has 1 saturated carbocycles. The Balaban J connectivity index is 1.68. The van der Waals surface area contributed by atoms with Crippen molar-refractivity contribution < 1.29 is 26.0 Å². The van der Waals surface area contributed by atoms with Crippen molar-refractivity contribution in [3.8, 4) is 10.7 Å². The first-order valence-corrected chi connectivity index (χ1v) is 13.7. The van der Waals surface area contributed by atoms with E-state index in [2.05, 4.69) is 25.2 Å². The molecule has 9 nitrogen and oxygen atoms in total. The summed E-state index contributed by atoms with van der Waals surface area (Å²) in [5.41, 5.74) is 0.393. The lowest BCUT2D eigenvalue weighted by molar-refractivity contribution is 0.150. The van der Waals surface area contributed by atoms with Gasteiger partial charge in [-0.25, -0.2) is 35.7 Å². The fraction of sp³-hybridized carbons (Fsp3) is 0.571. The molecule has 0 unspecified atom stereocenters. The number of piperazine rings is 1. The van der Waals surface area contributed by atoms with Crippen LogP contribution in [0, 0.1) is 0 Å². The van der Waals surface area contributed by atoms with E-state index in [0.29, 0.717) is 35.5 Å². The van der Waals surface area contributed by atoms with Gasteiger partial charge >= 0.3 is 0 Å². The summed E-state index contributed by atoms with van der Waals surface area (Å²) < 4.78 is 84.5. The van der Waals surface area contributed by atoms with Crippen LogP contribution in [0.15, 0.2) is 23.4 Å². The minimum absolute atomic E-state index is 0.0877. The standard InChI is InChI=1S/C21H25F4N7O2S2/c1-11-14(7-23)27-12(6-22)9-31(11)15-5-13(36(33,34)30-21(2)3-4-21)10-32-16(8-26-18(15)32)19-28-29-20(35-19)17(24)25/h5,8,10-12,14,17,27,30H,3-4,6-7,9H2,1-2H3/t11-,12+,14-/m0/s1. The Hall–Kier alpha value is -2.36. The van der Waals surface area contributed by atoms with E-state index in [4.69, 9.17) is 0 Å². The molecule has 15 heteroatoms. The molecule has 0 amide bonds. The monoisotopic (exact) mass is 547 g/mol. The van der Waals surface area contributed by atoms with Crippen molar-refractivity contribution >= 4 is 32.7 Å². The van der Waals surface area contributed by atoms with Crippen LogP contribution in [0.5, 0.6) is 0 Å². The summed E-state index contributed by atoms with van der Waals surface area (Å²) in [7, 11) is -3.99. The number of nitrogens with zero attached hydrogens (tertiary/aromatic N) is 5. The van der Waals surface area contributed by atoms with Crippen LogP contribution in [0.3, 0.4) is 0 Å². The molecule has 2 fully saturated rings. The Morgan fingerprint density at radius 1 is 1.28 bits per heavy atom. The number of halogens is 4. The summed E-state index contributed by atoms with van der Waals surface area (Å²) in [6, 6.07) is -0.371. The topological polar surface area (TPSA) is 105 Å². The first-order valence-electron chi connectivity index (χ1n) is 11.4. The second-order valence-electron chi connectivity index (χ2n) is 9.48. The normalized spacial score (nSPS) is 24.1. The van der Waals surface area contributed by atoms with Crippen LogP contribution in [0.4, 0.5) is 23.2 Å². The summed E-state index contributed by atoms with van der Waals surface area (Å²) in [5.74, 6) is 0. The zero-order valence-corrected chi connectivity index (χ0v) is 21.1. The maximum absolute atomic E-state index is 13.8. The molecule has 0 spiro atoms. The molecule has 196 valence electrons. The maximum atomic E-state index is 13.8. The van der Waals surface area contributed by atoms with Gasteiger partial charge < -0.3 is 10.2 Å². The van der Waals surface area contributed by atoms with Gasteiger partial charge in [-0.1, -0.05) is 11.3 Å². The average Bonchev–Trinajstić information content (AvgIpc) is 3.23. The van der Waals surface area contributed by atoms with Crippen molar-refractivity contribution in [2.45, 2.75) is 61.7 Å². The lowest BCUT2D eigenvalue weighted by Gasteiger charge is -2.44. The quantitative estimate of drug-likeness (QED) is 0.418. The Kier molecular flexibility index (Phi) is 6.46. The summed E-state index contributed by atoms with van der Waals surface area (Å²) in [6.45, 7) is 2.22. The summed E-state index contributed by atoms with van der Waals surface area (Å²) >= 11 is 0.676. The van der Waals surface area contributed by atoms with Gasteiger partial charge in [0.1, 0.15) is 23.9 Å². The fourth-order valence-electron chi connectivity index (χ4n) is 4.36. The van der Waals surface area contributed by atoms with E-state index < -0.39 is 58.5 Å². The molecule has 1 saturated heterocycles. The minimum atomic E-state index is -3.99. The highest BCUT2D eigenvalue weighted by Gasteiger charge is 2.42. The van der Waals surface area contributed by atoms with Crippen molar-refractivity contribution in [2.75, 3.05) is 24.8 Å². The second-order valence-corrected chi connectivity index (χ2v) is 12.2. The second kappa shape index (κ2) is 9.19. The number of hydrogen-bond acceptors (Lipinski definition) is 8. The Bertz CT molecular complexity index is 1380. The predicted octanol–water partition coefficient (Wildman–Crippen LogP) is 3.10. The third-order valence-electron chi connectivity index (χ3n) is 6.70. The largest absolute Gasteiger partial charge is 0.362 e. The molecule has 0 aromatic carbocycles. The number of hydrogen-bond donors (Lipinski definition) is 2. The van der Waals surface area contributed by atoms with Crippen LogP contribution in [0.2, 0.25) is 0 Å². The number of alkyl halides is 4. The minimum Gasteiger partial charge on any atom is -0.362 e. The highest BCUT2D eigenvalue weighted by molar-refractivity contribution is 7.89. The van der Waals surface area contributed by atoms with Gasteiger partial charge in [-0.3, -0.25) is 4.40 Å². The number of aromatic nitrogens is 4. The molecule has 2 aliphatic rings. The van der Waals surface area contributed by atoms with Crippen molar-refractivity contribution in [1.29, 1.82) is 0 Å². The number of fused-ring (bicyclic) bond motifs is 1. The van der Waals surface area contributed by atoms with Gasteiger partial charge in [0.25, 0.3) is 6.43 Å². The Morgan fingerprint density at radius 3 is 2.64 bits per heavy atom. The van der Waals surface area contributed by atoms with Gasteiger partial charge in [-0.05, 0) is 32.8 Å². The van der Waals surface area contributed by atoms with Crippen molar-refractivity contribution in [2.24, 2.45) is 0 Å². The first-order chi connectivity index (χ1) is 17.0. The van der Waals surface area contributed by atoms with E-state index in [1.54, 1.807) is 18.7 Å². The molecule has 3 aromatic rings. The molecule has 4 heterocycles. The number of nitrogens with one attached hydrogen (secondary N) is 2. The zero-order chi connectivity index (χ0) is 25.8. The molecule has 0 radical (unpaired) electrons. The van der Waals surface area contributed by atoms with E-state index in [1.165, 1.54) is 22.9 Å². The van der Waals surface area contributed by atoms with Crippen LogP contribution in [-0.4, -0.2) is 71.6 Å². The molecular weight excluding hydrogens is 522 g/mol. The van der Waals surface area contributed by atoms with E-state index in [9.17, 15) is 26.0 Å². The smallest absolute Gasteiger partial charge is 0.291 e. The fourth-order valence-corrected chi connectivity index (χ4v) is 6.55. The van der Waals surface area contributed by atoms with Gasteiger partial charge in [-0.15, -0.1) is 10.2 Å². The highest BCUT2D eigenvalue weighted by atomic mass is 32.2. The molecule has 0 bridgehead atoms. The Labute approximate surface area is 209 Å². The number of sulfonamides is 1. The van der Waals surface area contributed by atoms with Crippen molar-refractivity contribution in [3.63, 3.8) is 0 Å². The lowest BCUT2D eigenvalue weighted by Crippen LogP contribution is -2.63. The number of pyridine rings is 1. The number of imidazole rings is 1. The van der Waals surface area contributed by atoms with Crippen LogP contribution in [-0.2, 0) is 10.0 Å². The predicted molar refractivity (Wildman–Crippen MR) is 126 cm³/mol. The molecule has 3 aromatic heterocycles. The lowest BCUT2D eigenvalue weighted by atomic mass is 10.0. The SMILES string of the molecule is C[C@H]1[C@H](CF)N[C@H](CF)CN1c1cc(S(=O)(=O)NC2(C)CC2)cn2c(-c3nnc(C(F)F)s3)cnc12. The zero-order valence-electron chi connectivity index (χ0n) is 19.5. The maximum Gasteiger partial charge on any atom is 0.291 e. The van der Waals surface area contributed by atoms with E-state index in [-0.39, 0.29) is 22.1 Å². The van der Waals surface area contributed by atoms with Gasteiger partial charge in [-0.2, -0.15) is 0 Å². The van der Waals surface area contributed by atoms with Crippen molar-refractivity contribution in [1.82, 2.24) is 29.6 Å². The first kappa shape index (κ1) is 25.3. The summed E-state index contributed by atoms with van der Waals surface area (Å²) in [6.07, 6.45) is 1.34. The average molecular weight is 548 g/mol. The van der Waals surface area contributed by atoms with Crippen molar-refractivity contribution in [3.05, 3.63) is 23.5 Å². The third-order valence-corrected chi connectivity index (χ3v) is 9.26. The van der Waals surface area contributed by atoms with Gasteiger partial charge in [0, 0.05) is 24.3 Å². The molecule has 2 N–H and O–H groups in total. The molecule has 5 rings (SSSR count). The Morgan fingerprint density at radius 2 is 2.03 bits per heavy atom. The van der Waals surface area contributed by atoms with Crippen LogP contribution >= 0.6 is 11.3 Å². The molecule has 3 atom stereocenters. The molecule has 1 aliphatic heterocycles. The van der Waals surface area contributed by atoms with E-state index in [1.807, 2.05) is 0 Å². The number of rotatable bonds is 8. The molecule has 36 heavy (non-hydrogen) atoms. The number of anilines is 1. The van der Waals surface area contributed by atoms with Gasteiger partial charge in [0.15, 0.2) is 15.7 Å². The van der Waals surface area contributed by atoms with Gasteiger partial charge in [0.05, 0.1) is 24.0 Å². The van der Waals surface area contributed by atoms with Gasteiger partial charge in [0.2, 0.25) is 10.0 Å². The highest BCUT2D eigenvalue weighted by Crippen LogP contribution is 2.38. The van der Waals surface area contributed by atoms with Crippen LogP contribution in [0.25, 0.3) is 16.3 Å². The van der Waals surface area contributed by atoms with E-state index in [0.717, 1.165) is 0 Å². The van der Waals surface area contributed by atoms with Crippen LogP contribution in [0.1, 0.15) is 38.1 Å². The summed E-state index contributed by atoms with van der Waals surface area (Å²) in [5, 5.41) is 9.96. The third kappa shape index (κ3) is 4.57.